The molecule has 2 heterocycles. The van der Waals surface area contributed by atoms with E-state index in [9.17, 15) is 0 Å². The molecule has 0 bridgehead atoms. The van der Waals surface area contributed by atoms with Crippen LogP contribution in [0.25, 0.3) is 0 Å². The van der Waals surface area contributed by atoms with Gasteiger partial charge in [-0.2, -0.15) is 5.10 Å². The van der Waals surface area contributed by atoms with E-state index < -0.39 is 0 Å². The van der Waals surface area contributed by atoms with E-state index in [-0.39, 0.29) is 4.08 Å². The van der Waals surface area contributed by atoms with Gasteiger partial charge < -0.3 is 0 Å². The Morgan fingerprint density at radius 1 is 1.55 bits per heavy atom. The van der Waals surface area contributed by atoms with Gasteiger partial charge in [-0.25, -0.2) is 0 Å². The molecule has 0 aliphatic carbocycles. The zero-order valence-corrected chi connectivity index (χ0v) is 7.97. The molecule has 0 radical (unpaired) electrons. The molecule has 0 saturated carbocycles. The average Bonchev–Trinajstić information content (AvgIpc) is 2.55. The van der Waals surface area contributed by atoms with Crippen LogP contribution in [0.4, 0.5) is 0 Å². The first-order chi connectivity index (χ1) is 5.31. The third-order valence-corrected chi connectivity index (χ3v) is 5.22. The summed E-state index contributed by atoms with van der Waals surface area (Å²) < 4.78 is 0.257. The Hall–Kier alpha value is -0.0900. The Balaban J connectivity index is 2.27. The van der Waals surface area contributed by atoms with Crippen molar-refractivity contribution in [1.29, 1.82) is 0 Å². The molecular weight excluding hydrogens is 176 g/mol. The fourth-order valence-corrected chi connectivity index (χ4v) is 4.02. The molecular formula is C7H10N2S2. The van der Waals surface area contributed by atoms with Gasteiger partial charge in [0.1, 0.15) is 0 Å². The maximum absolute atomic E-state index is 3.96. The minimum atomic E-state index is 0.257. The second-order valence-electron chi connectivity index (χ2n) is 2.63. The van der Waals surface area contributed by atoms with Gasteiger partial charge in [-0.1, -0.05) is 0 Å². The van der Waals surface area contributed by atoms with Gasteiger partial charge in [0.25, 0.3) is 0 Å². The van der Waals surface area contributed by atoms with Crippen LogP contribution in [-0.4, -0.2) is 21.7 Å². The molecule has 2 rings (SSSR count). The summed E-state index contributed by atoms with van der Waals surface area (Å²) in [6, 6.07) is 0. The second kappa shape index (κ2) is 2.75. The lowest BCUT2D eigenvalue weighted by molar-refractivity contribution is 1.03. The van der Waals surface area contributed by atoms with Gasteiger partial charge in [0.05, 0.1) is 10.3 Å². The number of nitrogens with zero attached hydrogens (tertiary/aromatic N) is 1. The number of aromatic nitrogens is 2. The number of H-pyrrole nitrogens is 1. The minimum absolute atomic E-state index is 0.257. The predicted molar refractivity (Wildman–Crippen MR) is 50.9 cm³/mol. The minimum Gasteiger partial charge on any atom is -0.285 e. The zero-order valence-electron chi connectivity index (χ0n) is 6.33. The Morgan fingerprint density at radius 3 is 2.82 bits per heavy atom. The van der Waals surface area contributed by atoms with Crippen LogP contribution >= 0.6 is 23.5 Å². The summed E-state index contributed by atoms with van der Waals surface area (Å²) in [5, 5.41) is 6.82. The summed E-state index contributed by atoms with van der Waals surface area (Å²) in [7, 11) is 0. The molecule has 0 spiro atoms. The van der Waals surface area contributed by atoms with Crippen molar-refractivity contribution in [2.75, 3.05) is 11.5 Å². The quantitative estimate of drug-likeness (QED) is 0.728. The summed E-state index contributed by atoms with van der Waals surface area (Å²) in [5.41, 5.74) is 1.31. The van der Waals surface area contributed by atoms with Crippen LogP contribution in [0.2, 0.25) is 0 Å². The van der Waals surface area contributed by atoms with Crippen molar-refractivity contribution in [2.45, 2.75) is 11.0 Å². The highest BCUT2D eigenvalue weighted by Gasteiger charge is 2.32. The molecule has 1 aromatic heterocycles. The van der Waals surface area contributed by atoms with Gasteiger partial charge in [0, 0.05) is 23.3 Å². The monoisotopic (exact) mass is 186 g/mol. The van der Waals surface area contributed by atoms with Crippen LogP contribution in [0, 0.1) is 0 Å². The first-order valence-corrected chi connectivity index (χ1v) is 5.55. The van der Waals surface area contributed by atoms with E-state index in [0.717, 1.165) is 0 Å². The molecule has 0 atom stereocenters. The van der Waals surface area contributed by atoms with Gasteiger partial charge in [-0.15, -0.1) is 23.5 Å². The molecule has 1 aliphatic rings. The molecule has 0 unspecified atom stereocenters. The molecule has 0 aromatic carbocycles. The van der Waals surface area contributed by atoms with Crippen molar-refractivity contribution in [3.8, 4) is 0 Å². The number of thioether (sulfide) groups is 2. The lowest BCUT2D eigenvalue weighted by Gasteiger charge is -2.18. The summed E-state index contributed by atoms with van der Waals surface area (Å²) in [4.78, 5) is 0. The third-order valence-electron chi connectivity index (χ3n) is 1.86. The van der Waals surface area contributed by atoms with Gasteiger partial charge >= 0.3 is 0 Å². The first kappa shape index (κ1) is 7.55. The molecule has 2 nitrogen and oxygen atoms in total. The van der Waals surface area contributed by atoms with Gasteiger partial charge in [-0.3, -0.25) is 5.10 Å². The Labute approximate surface area is 74.5 Å². The van der Waals surface area contributed by atoms with Crippen LogP contribution in [0.15, 0.2) is 12.4 Å². The molecule has 1 fully saturated rings. The molecule has 0 amide bonds. The molecule has 11 heavy (non-hydrogen) atoms. The SMILES string of the molecule is CC1(c2cn[nH]c2)SCCS1. The van der Waals surface area contributed by atoms with Crippen LogP contribution < -0.4 is 0 Å². The molecule has 1 aliphatic heterocycles. The maximum atomic E-state index is 3.96. The van der Waals surface area contributed by atoms with Gasteiger partial charge in [-0.05, 0) is 6.92 Å². The second-order valence-corrected chi connectivity index (χ2v) is 5.91. The summed E-state index contributed by atoms with van der Waals surface area (Å²) in [5.74, 6) is 2.51. The number of hydrogen-bond donors (Lipinski definition) is 1. The van der Waals surface area contributed by atoms with E-state index >= 15 is 0 Å². The highest BCUT2D eigenvalue weighted by molar-refractivity contribution is 8.20. The van der Waals surface area contributed by atoms with Gasteiger partial charge in [0.2, 0.25) is 0 Å². The van der Waals surface area contributed by atoms with E-state index in [0.29, 0.717) is 0 Å². The van der Waals surface area contributed by atoms with Crippen molar-refractivity contribution >= 4 is 23.5 Å². The Bertz CT molecular complexity index is 227. The fraction of sp³-hybridized carbons (Fsp3) is 0.571. The molecule has 1 saturated heterocycles. The summed E-state index contributed by atoms with van der Waals surface area (Å²) >= 11 is 4.01. The Kier molecular flexibility index (Phi) is 1.89. The topological polar surface area (TPSA) is 28.7 Å². The van der Waals surface area contributed by atoms with E-state index in [1.807, 2.05) is 35.9 Å². The number of hydrogen-bond acceptors (Lipinski definition) is 3. The van der Waals surface area contributed by atoms with Crippen LogP contribution in [0.5, 0.6) is 0 Å². The Morgan fingerprint density at radius 2 is 2.27 bits per heavy atom. The maximum Gasteiger partial charge on any atom is 0.0862 e. The summed E-state index contributed by atoms with van der Waals surface area (Å²) in [6.07, 6.45) is 3.91. The van der Waals surface area contributed by atoms with Crippen molar-refractivity contribution in [1.82, 2.24) is 10.2 Å². The highest BCUT2D eigenvalue weighted by atomic mass is 32.2. The smallest absolute Gasteiger partial charge is 0.0862 e. The first-order valence-electron chi connectivity index (χ1n) is 3.58. The van der Waals surface area contributed by atoms with Crippen LogP contribution in [-0.2, 0) is 4.08 Å². The highest BCUT2D eigenvalue weighted by Crippen LogP contribution is 2.50. The van der Waals surface area contributed by atoms with E-state index in [1.54, 1.807) is 0 Å². The largest absolute Gasteiger partial charge is 0.285 e. The molecule has 4 heteroatoms. The van der Waals surface area contributed by atoms with Crippen molar-refractivity contribution < 1.29 is 0 Å². The van der Waals surface area contributed by atoms with Crippen molar-refractivity contribution in [2.24, 2.45) is 0 Å². The lowest BCUT2D eigenvalue weighted by Crippen LogP contribution is -2.06. The predicted octanol–water partition coefficient (Wildman–Crippen LogP) is 2.06. The van der Waals surface area contributed by atoms with E-state index in [4.69, 9.17) is 0 Å². The average molecular weight is 186 g/mol. The number of rotatable bonds is 1. The van der Waals surface area contributed by atoms with Crippen LogP contribution in [0.1, 0.15) is 12.5 Å². The molecule has 1 aromatic rings. The van der Waals surface area contributed by atoms with E-state index in [2.05, 4.69) is 17.1 Å². The molecule has 1 N–H and O–H groups in total. The standard InChI is InChI=1S/C7H10N2S2/c1-7(10-2-3-11-7)6-4-8-9-5-6/h4-5H,2-3H2,1H3,(H,8,9). The van der Waals surface area contributed by atoms with E-state index in [1.165, 1.54) is 17.1 Å². The fourth-order valence-electron chi connectivity index (χ4n) is 1.18. The lowest BCUT2D eigenvalue weighted by atomic mass is 10.3. The van der Waals surface area contributed by atoms with Crippen molar-refractivity contribution in [3.63, 3.8) is 0 Å². The third kappa shape index (κ3) is 1.29. The molecule has 60 valence electrons. The van der Waals surface area contributed by atoms with Gasteiger partial charge in [0.15, 0.2) is 0 Å². The number of nitrogens with one attached hydrogen (secondary N) is 1. The zero-order chi connectivity index (χ0) is 7.73. The normalized spacial score (nSPS) is 22.3. The van der Waals surface area contributed by atoms with Crippen molar-refractivity contribution in [3.05, 3.63) is 18.0 Å². The van der Waals surface area contributed by atoms with Crippen LogP contribution in [0.3, 0.4) is 0 Å². The number of aromatic amines is 1. The summed E-state index contributed by atoms with van der Waals surface area (Å²) in [6.45, 7) is 2.26.